The van der Waals surface area contributed by atoms with Crippen molar-refractivity contribution < 1.29 is 14.3 Å². The van der Waals surface area contributed by atoms with Gasteiger partial charge in [0, 0.05) is 35.0 Å². The highest BCUT2D eigenvalue weighted by Gasteiger charge is 2.49. The molecular formula is C26H29N3O3S2. The van der Waals surface area contributed by atoms with Gasteiger partial charge in [0.1, 0.15) is 5.01 Å². The number of esters is 1. The van der Waals surface area contributed by atoms with E-state index in [-0.39, 0.29) is 23.3 Å². The second-order valence-corrected chi connectivity index (χ2v) is 11.1. The van der Waals surface area contributed by atoms with Crippen LogP contribution in [0.4, 0.5) is 0 Å². The van der Waals surface area contributed by atoms with Crippen molar-refractivity contribution in [1.29, 1.82) is 0 Å². The topological polar surface area (TPSA) is 72.4 Å². The Morgan fingerprint density at radius 2 is 2.09 bits per heavy atom. The van der Waals surface area contributed by atoms with Gasteiger partial charge in [0.2, 0.25) is 0 Å². The number of amides is 1. The third-order valence-electron chi connectivity index (χ3n) is 6.30. The molecule has 1 aliphatic rings. The zero-order valence-corrected chi connectivity index (χ0v) is 21.5. The Kier molecular flexibility index (Phi) is 7.00. The maximum Gasteiger partial charge on any atom is 0.311 e. The molecule has 178 valence electrons. The molecule has 3 atom stereocenters. The van der Waals surface area contributed by atoms with Crippen LogP contribution in [0, 0.1) is 5.92 Å². The molecule has 0 radical (unpaired) electrons. The van der Waals surface area contributed by atoms with Crippen LogP contribution in [0.25, 0.3) is 6.08 Å². The number of aromatic nitrogens is 2. The van der Waals surface area contributed by atoms with E-state index < -0.39 is 12.0 Å². The van der Waals surface area contributed by atoms with Crippen molar-refractivity contribution >= 4 is 40.6 Å². The van der Waals surface area contributed by atoms with Gasteiger partial charge in [-0.2, -0.15) is 0 Å². The molecule has 0 aliphatic carbocycles. The molecule has 1 unspecified atom stereocenters. The van der Waals surface area contributed by atoms with Crippen LogP contribution in [0.2, 0.25) is 0 Å². The summed E-state index contributed by atoms with van der Waals surface area (Å²) in [6.45, 7) is 10.4. The normalized spacial score (nSPS) is 20.4. The second-order valence-electron chi connectivity index (χ2n) is 9.49. The zero-order valence-electron chi connectivity index (χ0n) is 19.9. The van der Waals surface area contributed by atoms with Gasteiger partial charge in [0.05, 0.1) is 30.3 Å². The van der Waals surface area contributed by atoms with Gasteiger partial charge in [-0.1, -0.05) is 39.5 Å². The Morgan fingerprint density at radius 3 is 2.68 bits per heavy atom. The van der Waals surface area contributed by atoms with Gasteiger partial charge in [-0.15, -0.1) is 22.7 Å². The van der Waals surface area contributed by atoms with E-state index in [0.717, 1.165) is 21.8 Å². The molecule has 3 heterocycles. The number of rotatable bonds is 6. The standard InChI is InChI=1S/C26H29N3O3S2/c1-6-16-11-17(7-8-21(16)26(2,3)4)24(30)29-19(12-18-14-33-15-28-18)13-20(25(31)32-5)22(29)23-27-9-10-34-23/h6-11,14-15,19-20,22H,1,12-13H2,2-5H3/t19?,20-,22+/m0/s1. The zero-order chi connectivity index (χ0) is 24.5. The Labute approximate surface area is 208 Å². The molecule has 4 rings (SSSR count). The van der Waals surface area contributed by atoms with Gasteiger partial charge < -0.3 is 9.64 Å². The lowest BCUT2D eigenvalue weighted by molar-refractivity contribution is -0.146. The summed E-state index contributed by atoms with van der Waals surface area (Å²) in [5, 5.41) is 4.59. The smallest absolute Gasteiger partial charge is 0.311 e. The first-order chi connectivity index (χ1) is 16.2. The highest BCUT2D eigenvalue weighted by atomic mass is 32.1. The van der Waals surface area contributed by atoms with Crippen LogP contribution < -0.4 is 0 Å². The second kappa shape index (κ2) is 9.80. The number of nitrogens with zero attached hydrogens (tertiary/aromatic N) is 3. The van der Waals surface area contributed by atoms with Gasteiger partial charge in [0.15, 0.2) is 0 Å². The molecule has 1 amide bonds. The number of likely N-dealkylation sites (tertiary alicyclic amines) is 1. The molecule has 0 N–H and O–H groups in total. The van der Waals surface area contributed by atoms with Crippen molar-refractivity contribution in [2.45, 2.75) is 51.1 Å². The molecule has 1 fully saturated rings. The summed E-state index contributed by atoms with van der Waals surface area (Å²) in [6.07, 6.45) is 4.57. The van der Waals surface area contributed by atoms with E-state index in [1.54, 1.807) is 17.8 Å². The molecule has 0 bridgehead atoms. The lowest BCUT2D eigenvalue weighted by Gasteiger charge is -2.31. The minimum Gasteiger partial charge on any atom is -0.469 e. The van der Waals surface area contributed by atoms with E-state index in [0.29, 0.717) is 18.4 Å². The summed E-state index contributed by atoms with van der Waals surface area (Å²) in [7, 11) is 1.39. The van der Waals surface area contributed by atoms with Crippen molar-refractivity contribution in [1.82, 2.24) is 14.9 Å². The summed E-state index contributed by atoms with van der Waals surface area (Å²) in [5.74, 6) is -0.944. The molecule has 1 aromatic carbocycles. The van der Waals surface area contributed by atoms with Gasteiger partial charge in [-0.05, 0) is 35.1 Å². The Morgan fingerprint density at radius 1 is 1.29 bits per heavy atom. The summed E-state index contributed by atoms with van der Waals surface area (Å²) < 4.78 is 5.14. The quantitative estimate of drug-likeness (QED) is 0.421. The number of methoxy groups -OCH3 is 1. The van der Waals surface area contributed by atoms with Gasteiger partial charge in [0.25, 0.3) is 5.91 Å². The van der Waals surface area contributed by atoms with Crippen molar-refractivity contribution in [3.05, 3.63) is 74.6 Å². The predicted molar refractivity (Wildman–Crippen MR) is 136 cm³/mol. The SMILES string of the molecule is C=Cc1cc(C(=O)N2C(Cc3cscn3)C[C@H](C(=O)OC)[C@@H]2c2nccs2)ccc1C(C)(C)C. The minimum absolute atomic E-state index is 0.0781. The maximum atomic E-state index is 14.1. The fraction of sp³-hybridized carbons (Fsp3) is 0.385. The first kappa shape index (κ1) is 24.3. The van der Waals surface area contributed by atoms with Crippen molar-refractivity contribution in [2.24, 2.45) is 5.92 Å². The third-order valence-corrected chi connectivity index (χ3v) is 7.78. The molecular weight excluding hydrogens is 466 g/mol. The van der Waals surface area contributed by atoms with Crippen LogP contribution in [0.3, 0.4) is 0 Å². The summed E-state index contributed by atoms with van der Waals surface area (Å²) in [5.41, 5.74) is 5.25. The van der Waals surface area contributed by atoms with Crippen LogP contribution in [0.1, 0.15) is 65.4 Å². The molecule has 8 heteroatoms. The molecule has 34 heavy (non-hydrogen) atoms. The van der Waals surface area contributed by atoms with Gasteiger partial charge >= 0.3 is 5.97 Å². The molecule has 0 spiro atoms. The van der Waals surface area contributed by atoms with Crippen molar-refractivity contribution in [2.75, 3.05) is 7.11 Å². The minimum atomic E-state index is -0.489. The Balaban J connectivity index is 1.79. The summed E-state index contributed by atoms with van der Waals surface area (Å²) in [6, 6.07) is 5.09. The number of hydrogen-bond acceptors (Lipinski definition) is 7. The first-order valence-electron chi connectivity index (χ1n) is 11.2. The van der Waals surface area contributed by atoms with Crippen molar-refractivity contribution in [3.63, 3.8) is 0 Å². The lowest BCUT2D eigenvalue weighted by Crippen LogP contribution is -2.39. The Hall–Kier alpha value is -2.84. The van der Waals surface area contributed by atoms with E-state index in [4.69, 9.17) is 4.74 Å². The third kappa shape index (κ3) is 4.70. The number of ether oxygens (including phenoxy) is 1. The molecule has 0 saturated carbocycles. The summed E-state index contributed by atoms with van der Waals surface area (Å²) in [4.78, 5) is 37.6. The monoisotopic (exact) mass is 495 g/mol. The Bertz CT molecular complexity index is 1170. The van der Waals surface area contributed by atoms with E-state index in [9.17, 15) is 9.59 Å². The molecule has 3 aromatic rings. The van der Waals surface area contributed by atoms with Crippen LogP contribution in [-0.4, -0.2) is 39.9 Å². The molecule has 1 aliphatic heterocycles. The lowest BCUT2D eigenvalue weighted by atomic mass is 9.83. The number of benzene rings is 1. The highest BCUT2D eigenvalue weighted by Crippen LogP contribution is 2.44. The largest absolute Gasteiger partial charge is 0.469 e. The van der Waals surface area contributed by atoms with Crippen LogP contribution in [-0.2, 0) is 21.4 Å². The summed E-state index contributed by atoms with van der Waals surface area (Å²) >= 11 is 2.97. The van der Waals surface area contributed by atoms with Crippen LogP contribution in [0.5, 0.6) is 0 Å². The number of carbonyl (C=O) groups is 2. The fourth-order valence-electron chi connectivity index (χ4n) is 4.76. The highest BCUT2D eigenvalue weighted by molar-refractivity contribution is 7.09. The fourth-order valence-corrected chi connectivity index (χ4v) is 6.13. The molecule has 1 saturated heterocycles. The van der Waals surface area contributed by atoms with E-state index in [2.05, 4.69) is 37.3 Å². The predicted octanol–water partition coefficient (Wildman–Crippen LogP) is 5.53. The number of hydrogen-bond donors (Lipinski definition) is 0. The number of carbonyl (C=O) groups excluding carboxylic acids is 2. The van der Waals surface area contributed by atoms with Crippen molar-refractivity contribution in [3.8, 4) is 0 Å². The van der Waals surface area contributed by atoms with E-state index >= 15 is 0 Å². The maximum absolute atomic E-state index is 14.1. The van der Waals surface area contributed by atoms with E-state index in [1.165, 1.54) is 29.8 Å². The van der Waals surface area contributed by atoms with E-state index in [1.807, 2.05) is 33.9 Å². The number of thiazole rings is 2. The van der Waals surface area contributed by atoms with Gasteiger partial charge in [-0.25, -0.2) is 9.97 Å². The van der Waals surface area contributed by atoms with Gasteiger partial charge in [-0.3, -0.25) is 9.59 Å². The van der Waals surface area contributed by atoms with Crippen LogP contribution >= 0.6 is 22.7 Å². The molecule has 2 aromatic heterocycles. The van der Waals surface area contributed by atoms with Crippen LogP contribution in [0.15, 0.2) is 47.2 Å². The average Bonchev–Trinajstić information content (AvgIpc) is 3.58. The average molecular weight is 496 g/mol. The molecule has 6 nitrogen and oxygen atoms in total. The first-order valence-corrected chi connectivity index (χ1v) is 13.0.